The molecule has 1 fully saturated rings. The highest BCUT2D eigenvalue weighted by atomic mass is 19.1. The van der Waals surface area contributed by atoms with E-state index in [1.165, 1.54) is 16.8 Å². The largest absolute Gasteiger partial charge is 0.471 e. The van der Waals surface area contributed by atoms with Gasteiger partial charge in [0.05, 0.1) is 30.5 Å². The van der Waals surface area contributed by atoms with E-state index >= 15 is 0 Å². The molecule has 2 aliphatic rings. The number of piperidine rings is 1. The zero-order valence-corrected chi connectivity index (χ0v) is 18.6. The molecule has 4 rings (SSSR count). The van der Waals surface area contributed by atoms with Crippen molar-refractivity contribution in [2.45, 2.75) is 65.1 Å². The number of carbonyl (C=O) groups is 1. The number of aryl methyl sites for hydroxylation is 1. The Morgan fingerprint density at radius 1 is 1.26 bits per heavy atom. The highest BCUT2D eigenvalue weighted by Crippen LogP contribution is 2.32. The van der Waals surface area contributed by atoms with Gasteiger partial charge in [0.15, 0.2) is 6.17 Å². The lowest BCUT2D eigenvalue weighted by molar-refractivity contribution is -0.0116. The Morgan fingerprint density at radius 3 is 2.71 bits per heavy atom. The summed E-state index contributed by atoms with van der Waals surface area (Å²) in [5, 5.41) is 4.28. The molecule has 0 radical (unpaired) electrons. The first kappa shape index (κ1) is 21.3. The topological polar surface area (TPSA) is 85.6 Å². The van der Waals surface area contributed by atoms with Gasteiger partial charge in [0.2, 0.25) is 5.88 Å². The molecule has 31 heavy (non-hydrogen) atoms. The minimum Gasteiger partial charge on any atom is -0.471 e. The van der Waals surface area contributed by atoms with Crippen LogP contribution in [0.25, 0.3) is 0 Å². The number of fused-ring (bicyclic) bond motifs is 1. The molecule has 0 bridgehead atoms. The molecule has 0 spiro atoms. The molecule has 0 N–H and O–H groups in total. The van der Waals surface area contributed by atoms with Crippen LogP contribution in [0.2, 0.25) is 0 Å². The van der Waals surface area contributed by atoms with Crippen molar-refractivity contribution in [3.63, 3.8) is 0 Å². The predicted octanol–water partition coefficient (Wildman–Crippen LogP) is 2.77. The quantitative estimate of drug-likeness (QED) is 0.737. The van der Waals surface area contributed by atoms with E-state index in [4.69, 9.17) is 9.47 Å². The number of carbonyl (C=O) groups excluding carboxylic acids is 1. The summed E-state index contributed by atoms with van der Waals surface area (Å²) in [5.41, 5.74) is 2.47. The number of alkyl halides is 1. The van der Waals surface area contributed by atoms with E-state index in [2.05, 4.69) is 20.0 Å². The van der Waals surface area contributed by atoms with Gasteiger partial charge in [0.25, 0.3) is 0 Å². The Bertz CT molecular complexity index is 973. The lowest BCUT2D eigenvalue weighted by Gasteiger charge is -2.35. The SMILES string of the molecule is Cc1c(O[C@@H]2CCN(C(=O)OC(C)(C)C)C[C@@H]2F)ncnc1N1Cc2cnn(C)c2C1. The van der Waals surface area contributed by atoms with Gasteiger partial charge in [-0.25, -0.2) is 19.2 Å². The summed E-state index contributed by atoms with van der Waals surface area (Å²) in [4.78, 5) is 24.4. The van der Waals surface area contributed by atoms with Gasteiger partial charge in [0.1, 0.15) is 23.9 Å². The Hall–Kier alpha value is -2.91. The van der Waals surface area contributed by atoms with Crippen LogP contribution in [0.15, 0.2) is 12.5 Å². The van der Waals surface area contributed by atoms with Crippen LogP contribution in [-0.4, -0.2) is 61.7 Å². The van der Waals surface area contributed by atoms with E-state index in [1.54, 1.807) is 20.8 Å². The summed E-state index contributed by atoms with van der Waals surface area (Å²) in [6.45, 7) is 8.96. The van der Waals surface area contributed by atoms with Gasteiger partial charge in [-0.3, -0.25) is 4.68 Å². The maximum absolute atomic E-state index is 14.9. The van der Waals surface area contributed by atoms with Crippen LogP contribution in [0, 0.1) is 6.92 Å². The highest BCUT2D eigenvalue weighted by Gasteiger charge is 2.36. The van der Waals surface area contributed by atoms with Gasteiger partial charge < -0.3 is 19.3 Å². The van der Waals surface area contributed by atoms with Crippen LogP contribution >= 0.6 is 0 Å². The average molecular weight is 433 g/mol. The fourth-order valence-corrected chi connectivity index (χ4v) is 3.95. The smallest absolute Gasteiger partial charge is 0.410 e. The lowest BCUT2D eigenvalue weighted by atomic mass is 10.1. The van der Waals surface area contributed by atoms with Gasteiger partial charge in [-0.1, -0.05) is 0 Å². The monoisotopic (exact) mass is 432 g/mol. The fourth-order valence-electron chi connectivity index (χ4n) is 3.95. The number of ether oxygens (including phenoxy) is 2. The molecule has 4 heterocycles. The fraction of sp³-hybridized carbons (Fsp3) is 0.619. The van der Waals surface area contributed by atoms with E-state index in [0.29, 0.717) is 31.9 Å². The van der Waals surface area contributed by atoms with Crippen LogP contribution in [0.3, 0.4) is 0 Å². The first-order chi connectivity index (χ1) is 14.6. The van der Waals surface area contributed by atoms with Gasteiger partial charge in [-0.15, -0.1) is 0 Å². The molecule has 9 nitrogen and oxygen atoms in total. The third kappa shape index (κ3) is 4.42. The summed E-state index contributed by atoms with van der Waals surface area (Å²) < 4.78 is 28.0. The Morgan fingerprint density at radius 2 is 2.03 bits per heavy atom. The van der Waals surface area contributed by atoms with Crippen LogP contribution in [0.4, 0.5) is 15.0 Å². The molecule has 2 aromatic rings. The minimum absolute atomic E-state index is 0.0645. The number of hydrogen-bond acceptors (Lipinski definition) is 7. The maximum Gasteiger partial charge on any atom is 0.410 e. The van der Waals surface area contributed by atoms with Gasteiger partial charge in [-0.2, -0.15) is 5.10 Å². The number of amides is 1. The summed E-state index contributed by atoms with van der Waals surface area (Å²) in [5.74, 6) is 1.14. The lowest BCUT2D eigenvalue weighted by Crippen LogP contribution is -2.50. The van der Waals surface area contributed by atoms with Crippen molar-refractivity contribution in [1.29, 1.82) is 0 Å². The summed E-state index contributed by atoms with van der Waals surface area (Å²) >= 11 is 0. The Balaban J connectivity index is 1.41. The average Bonchev–Trinajstić information content (AvgIpc) is 3.25. The number of hydrogen-bond donors (Lipinski definition) is 0. The molecule has 1 amide bonds. The van der Waals surface area contributed by atoms with E-state index in [0.717, 1.165) is 17.1 Å². The number of likely N-dealkylation sites (tertiary alicyclic amines) is 1. The molecule has 2 aliphatic heterocycles. The van der Waals surface area contributed by atoms with Crippen molar-refractivity contribution in [3.05, 3.63) is 29.3 Å². The first-order valence-corrected chi connectivity index (χ1v) is 10.5. The second-order valence-electron chi connectivity index (χ2n) is 9.11. The zero-order chi connectivity index (χ0) is 22.3. The number of halogens is 1. The zero-order valence-electron chi connectivity index (χ0n) is 18.6. The predicted molar refractivity (Wildman–Crippen MR) is 112 cm³/mol. The van der Waals surface area contributed by atoms with Gasteiger partial charge in [0, 0.05) is 32.1 Å². The van der Waals surface area contributed by atoms with E-state index in [9.17, 15) is 9.18 Å². The molecule has 0 unspecified atom stereocenters. The number of nitrogens with zero attached hydrogens (tertiary/aromatic N) is 6. The molecular weight excluding hydrogens is 403 g/mol. The van der Waals surface area contributed by atoms with Crippen molar-refractivity contribution < 1.29 is 18.7 Å². The summed E-state index contributed by atoms with van der Waals surface area (Å²) in [7, 11) is 1.93. The second kappa shape index (κ2) is 7.97. The standard InChI is InChI=1S/C21H29FN6O3/c1-13-18(28-9-14-8-25-26(5)16(14)11-28)23-12-24-19(13)30-17-6-7-27(10-15(17)22)20(29)31-21(2,3)4/h8,12,15,17H,6-7,9-11H2,1-5H3/t15-,17+/m0/s1. The van der Waals surface area contributed by atoms with Crippen LogP contribution in [0.1, 0.15) is 44.0 Å². The van der Waals surface area contributed by atoms with Crippen molar-refractivity contribution in [1.82, 2.24) is 24.6 Å². The van der Waals surface area contributed by atoms with E-state index in [-0.39, 0.29) is 6.54 Å². The molecule has 0 saturated carbocycles. The third-order valence-electron chi connectivity index (χ3n) is 5.56. The van der Waals surface area contributed by atoms with E-state index < -0.39 is 24.0 Å². The van der Waals surface area contributed by atoms with Crippen LogP contribution in [0.5, 0.6) is 5.88 Å². The molecule has 1 saturated heterocycles. The molecule has 0 aliphatic carbocycles. The van der Waals surface area contributed by atoms with Gasteiger partial charge in [-0.05, 0) is 27.7 Å². The highest BCUT2D eigenvalue weighted by molar-refractivity contribution is 5.68. The van der Waals surface area contributed by atoms with Crippen LogP contribution in [-0.2, 0) is 24.9 Å². The normalized spacial score (nSPS) is 21.2. The Labute approximate surface area is 181 Å². The van der Waals surface area contributed by atoms with Crippen molar-refractivity contribution in [2.24, 2.45) is 7.05 Å². The van der Waals surface area contributed by atoms with Crippen LogP contribution < -0.4 is 9.64 Å². The maximum atomic E-state index is 14.9. The molecule has 2 aromatic heterocycles. The van der Waals surface area contributed by atoms with Crippen molar-refractivity contribution >= 4 is 11.9 Å². The molecular formula is C21H29FN6O3. The summed E-state index contributed by atoms with van der Waals surface area (Å²) in [6.07, 6.45) is 1.16. The second-order valence-corrected chi connectivity index (χ2v) is 9.11. The first-order valence-electron chi connectivity index (χ1n) is 10.5. The summed E-state index contributed by atoms with van der Waals surface area (Å²) in [6, 6.07) is 0. The Kier molecular flexibility index (Phi) is 5.49. The third-order valence-corrected chi connectivity index (χ3v) is 5.56. The molecule has 2 atom stereocenters. The minimum atomic E-state index is -1.33. The number of aromatic nitrogens is 4. The number of anilines is 1. The molecule has 0 aromatic carbocycles. The van der Waals surface area contributed by atoms with E-state index in [1.807, 2.05) is 24.9 Å². The van der Waals surface area contributed by atoms with Gasteiger partial charge >= 0.3 is 6.09 Å². The molecule has 168 valence electrons. The van der Waals surface area contributed by atoms with Crippen molar-refractivity contribution in [3.8, 4) is 5.88 Å². The molecule has 10 heteroatoms. The van der Waals surface area contributed by atoms with Crippen molar-refractivity contribution in [2.75, 3.05) is 18.0 Å². The number of rotatable bonds is 3.